The monoisotopic (exact) mass is 224 g/mol. The Morgan fingerprint density at radius 1 is 1.33 bits per heavy atom. The number of fused-ring (bicyclic) bond motifs is 1. The van der Waals surface area contributed by atoms with E-state index in [0.29, 0.717) is 12.2 Å². The van der Waals surface area contributed by atoms with Gasteiger partial charge in [-0.25, -0.2) is 0 Å². The molecule has 1 aliphatic carbocycles. The molecule has 0 heterocycles. The first-order valence-corrected chi connectivity index (χ1v) is 5.15. The Labute approximate surface area is 79.9 Å². The molecule has 0 aliphatic heterocycles. The van der Waals surface area contributed by atoms with Gasteiger partial charge in [0.05, 0.1) is 0 Å². The summed E-state index contributed by atoms with van der Waals surface area (Å²) in [5, 5.41) is 0.851. The summed E-state index contributed by atoms with van der Waals surface area (Å²) in [4.78, 5) is 11.3. The van der Waals surface area contributed by atoms with Gasteiger partial charge in [0.2, 0.25) is 0 Å². The molecule has 2 heteroatoms. The molecule has 1 aromatic rings. The summed E-state index contributed by atoms with van der Waals surface area (Å²) < 4.78 is 0. The van der Waals surface area contributed by atoms with E-state index in [1.165, 1.54) is 11.1 Å². The molecule has 0 unspecified atom stereocenters. The van der Waals surface area contributed by atoms with Crippen LogP contribution in [0.2, 0.25) is 0 Å². The molecule has 0 spiro atoms. The highest BCUT2D eigenvalue weighted by atomic mass is 79.9. The number of benzene rings is 1. The van der Waals surface area contributed by atoms with E-state index < -0.39 is 0 Å². The molecule has 2 rings (SSSR count). The fraction of sp³-hybridized carbons (Fsp3) is 0.300. The number of ketones is 1. The molecule has 0 bridgehead atoms. The van der Waals surface area contributed by atoms with E-state index in [9.17, 15) is 4.79 Å². The normalized spacial score (nSPS) is 14.9. The second-order valence-electron chi connectivity index (χ2n) is 3.00. The standard InChI is InChI=1S/C10H9BrO/c11-6-7-2-1-3-9-8(7)4-5-10(9)12/h1-3H,4-6H2. The van der Waals surface area contributed by atoms with Crippen LogP contribution in [0.4, 0.5) is 0 Å². The molecule has 0 N–H and O–H groups in total. The molecule has 0 saturated heterocycles. The van der Waals surface area contributed by atoms with Gasteiger partial charge >= 0.3 is 0 Å². The summed E-state index contributed by atoms with van der Waals surface area (Å²) in [6, 6.07) is 5.96. The third-order valence-electron chi connectivity index (χ3n) is 2.32. The number of alkyl halides is 1. The van der Waals surface area contributed by atoms with Gasteiger partial charge in [0.15, 0.2) is 5.78 Å². The molecule has 0 saturated carbocycles. The molecule has 0 amide bonds. The number of rotatable bonds is 1. The molecule has 1 nitrogen and oxygen atoms in total. The molecule has 0 atom stereocenters. The van der Waals surface area contributed by atoms with Gasteiger partial charge in [0, 0.05) is 17.3 Å². The molecule has 0 radical (unpaired) electrons. The Kier molecular flexibility index (Phi) is 2.01. The van der Waals surface area contributed by atoms with Crippen LogP contribution >= 0.6 is 15.9 Å². The average Bonchev–Trinajstić information content (AvgIpc) is 2.48. The van der Waals surface area contributed by atoms with Crippen LogP contribution in [0.5, 0.6) is 0 Å². The first-order valence-electron chi connectivity index (χ1n) is 4.03. The smallest absolute Gasteiger partial charge is 0.163 e. The third kappa shape index (κ3) is 1.11. The Bertz CT molecular complexity index is 331. The van der Waals surface area contributed by atoms with Gasteiger partial charge in [0.25, 0.3) is 0 Å². The van der Waals surface area contributed by atoms with E-state index in [2.05, 4.69) is 22.0 Å². The van der Waals surface area contributed by atoms with Crippen molar-refractivity contribution in [2.75, 3.05) is 0 Å². The van der Waals surface area contributed by atoms with Crippen LogP contribution in [-0.2, 0) is 11.8 Å². The first-order chi connectivity index (χ1) is 5.83. The van der Waals surface area contributed by atoms with E-state index in [1.807, 2.05) is 12.1 Å². The fourth-order valence-corrected chi connectivity index (χ4v) is 2.21. The minimum absolute atomic E-state index is 0.299. The van der Waals surface area contributed by atoms with Crippen LogP contribution in [0, 0.1) is 0 Å². The lowest BCUT2D eigenvalue weighted by Crippen LogP contribution is -1.92. The Balaban J connectivity index is 2.58. The number of halogens is 1. The number of carbonyl (C=O) groups is 1. The van der Waals surface area contributed by atoms with E-state index >= 15 is 0 Å². The second kappa shape index (κ2) is 3.02. The lowest BCUT2D eigenvalue weighted by molar-refractivity contribution is 0.0994. The van der Waals surface area contributed by atoms with Crippen LogP contribution in [0.3, 0.4) is 0 Å². The van der Waals surface area contributed by atoms with E-state index in [-0.39, 0.29) is 0 Å². The van der Waals surface area contributed by atoms with Gasteiger partial charge in [-0.1, -0.05) is 34.1 Å². The Morgan fingerprint density at radius 3 is 2.92 bits per heavy atom. The van der Waals surface area contributed by atoms with Crippen molar-refractivity contribution in [1.29, 1.82) is 0 Å². The molecule has 12 heavy (non-hydrogen) atoms. The zero-order valence-corrected chi connectivity index (χ0v) is 8.23. The van der Waals surface area contributed by atoms with Crippen molar-refractivity contribution < 1.29 is 4.79 Å². The molecule has 1 aliphatic rings. The van der Waals surface area contributed by atoms with Crippen molar-refractivity contribution in [1.82, 2.24) is 0 Å². The van der Waals surface area contributed by atoms with Crippen LogP contribution < -0.4 is 0 Å². The molecule has 0 fully saturated rings. The Hall–Kier alpha value is -0.630. The Morgan fingerprint density at radius 2 is 2.17 bits per heavy atom. The predicted molar refractivity (Wildman–Crippen MR) is 51.7 cm³/mol. The van der Waals surface area contributed by atoms with Crippen molar-refractivity contribution >= 4 is 21.7 Å². The zero-order chi connectivity index (χ0) is 8.55. The summed E-state index contributed by atoms with van der Waals surface area (Å²) >= 11 is 3.42. The third-order valence-corrected chi connectivity index (χ3v) is 2.92. The van der Waals surface area contributed by atoms with Crippen molar-refractivity contribution in [2.24, 2.45) is 0 Å². The topological polar surface area (TPSA) is 17.1 Å². The highest BCUT2D eigenvalue weighted by Gasteiger charge is 2.20. The number of hydrogen-bond donors (Lipinski definition) is 0. The maximum absolute atomic E-state index is 11.3. The van der Waals surface area contributed by atoms with Gasteiger partial charge in [-0.2, -0.15) is 0 Å². The van der Waals surface area contributed by atoms with Crippen molar-refractivity contribution in [3.8, 4) is 0 Å². The maximum Gasteiger partial charge on any atom is 0.163 e. The zero-order valence-electron chi connectivity index (χ0n) is 6.64. The van der Waals surface area contributed by atoms with Gasteiger partial charge < -0.3 is 0 Å². The SMILES string of the molecule is O=C1CCc2c(CBr)cccc21. The van der Waals surface area contributed by atoms with Crippen LogP contribution in [0.15, 0.2) is 18.2 Å². The first kappa shape index (κ1) is 7.99. The van der Waals surface area contributed by atoms with Crippen molar-refractivity contribution in [3.05, 3.63) is 34.9 Å². The lowest BCUT2D eigenvalue weighted by atomic mass is 10.1. The number of Topliss-reactive ketones (excluding diaryl/α,β-unsaturated/α-hetero) is 1. The number of carbonyl (C=O) groups excluding carboxylic acids is 1. The summed E-state index contributed by atoms with van der Waals surface area (Å²) in [5.41, 5.74) is 3.45. The van der Waals surface area contributed by atoms with Crippen LogP contribution in [0.25, 0.3) is 0 Å². The maximum atomic E-state index is 11.3. The van der Waals surface area contributed by atoms with E-state index in [1.54, 1.807) is 0 Å². The molecular formula is C10H9BrO. The van der Waals surface area contributed by atoms with Crippen molar-refractivity contribution in [2.45, 2.75) is 18.2 Å². The summed E-state index contributed by atoms with van der Waals surface area (Å²) in [7, 11) is 0. The molecule has 0 aromatic heterocycles. The second-order valence-corrected chi connectivity index (χ2v) is 3.56. The summed E-state index contributed by atoms with van der Waals surface area (Å²) in [6.45, 7) is 0. The summed E-state index contributed by atoms with van der Waals surface area (Å²) in [6.07, 6.45) is 1.62. The average molecular weight is 225 g/mol. The number of hydrogen-bond acceptors (Lipinski definition) is 1. The van der Waals surface area contributed by atoms with Gasteiger partial charge in [-0.3, -0.25) is 4.79 Å². The molecular weight excluding hydrogens is 216 g/mol. The van der Waals surface area contributed by atoms with Gasteiger partial charge in [0.1, 0.15) is 0 Å². The minimum Gasteiger partial charge on any atom is -0.294 e. The van der Waals surface area contributed by atoms with Crippen molar-refractivity contribution in [3.63, 3.8) is 0 Å². The van der Waals surface area contributed by atoms with Gasteiger partial charge in [-0.15, -0.1) is 0 Å². The fourth-order valence-electron chi connectivity index (χ4n) is 1.69. The highest BCUT2D eigenvalue weighted by Crippen LogP contribution is 2.26. The van der Waals surface area contributed by atoms with E-state index in [4.69, 9.17) is 0 Å². The molecule has 62 valence electrons. The lowest BCUT2D eigenvalue weighted by Gasteiger charge is -2.02. The van der Waals surface area contributed by atoms with Gasteiger partial charge in [-0.05, 0) is 17.5 Å². The van der Waals surface area contributed by atoms with E-state index in [0.717, 1.165) is 17.3 Å². The predicted octanol–water partition coefficient (Wildman–Crippen LogP) is 2.71. The highest BCUT2D eigenvalue weighted by molar-refractivity contribution is 9.08. The minimum atomic E-state index is 0.299. The largest absolute Gasteiger partial charge is 0.294 e. The summed E-state index contributed by atoms with van der Waals surface area (Å²) in [5.74, 6) is 0.299. The quantitative estimate of drug-likeness (QED) is 0.671. The van der Waals surface area contributed by atoms with Crippen LogP contribution in [0.1, 0.15) is 27.9 Å². The molecule has 1 aromatic carbocycles. The van der Waals surface area contributed by atoms with Crippen LogP contribution in [-0.4, -0.2) is 5.78 Å².